The Labute approximate surface area is 277 Å². The molecule has 2 aromatic carbocycles. The van der Waals surface area contributed by atoms with Gasteiger partial charge in [0.1, 0.15) is 0 Å². The van der Waals surface area contributed by atoms with Crippen molar-refractivity contribution in [2.75, 3.05) is 17.2 Å². The molecule has 4 bridgehead atoms. The minimum atomic E-state index is -0.486. The lowest BCUT2D eigenvalue weighted by molar-refractivity contribution is -0.00739. The van der Waals surface area contributed by atoms with Crippen LogP contribution in [0.5, 0.6) is 0 Å². The number of hydrogen-bond acceptors (Lipinski definition) is 10. The van der Waals surface area contributed by atoms with Crippen LogP contribution in [0.25, 0.3) is 11.5 Å². The Hall–Kier alpha value is -5.33. The molecule has 4 saturated carbocycles. The van der Waals surface area contributed by atoms with Crippen molar-refractivity contribution in [3.05, 3.63) is 89.0 Å². The van der Waals surface area contributed by atoms with Crippen LogP contribution in [0.15, 0.2) is 70.5 Å². The van der Waals surface area contributed by atoms with Crippen LogP contribution in [0.2, 0.25) is 0 Å². The highest BCUT2D eigenvalue weighted by molar-refractivity contribution is 5.94. The van der Waals surface area contributed by atoms with Crippen molar-refractivity contribution in [3.63, 3.8) is 0 Å². The van der Waals surface area contributed by atoms with Gasteiger partial charge in [-0.25, -0.2) is 14.7 Å². The van der Waals surface area contributed by atoms with Crippen molar-refractivity contribution in [2.45, 2.75) is 63.3 Å². The largest absolute Gasteiger partial charge is 0.378 e. The van der Waals surface area contributed by atoms with Crippen molar-refractivity contribution in [3.8, 4) is 11.5 Å². The first kappa shape index (κ1) is 28.9. The zero-order valence-electron chi connectivity index (χ0n) is 26.6. The third kappa shape index (κ3) is 4.95. The highest BCUT2D eigenvalue weighted by Crippen LogP contribution is 2.60. The Bertz CT molecular complexity index is 1970. The second kappa shape index (κ2) is 11.4. The monoisotopic (exact) mass is 643 g/mol. The molecule has 13 heteroatoms. The molecule has 4 aliphatic carbocycles. The molecule has 4 fully saturated rings. The second-order valence-electron chi connectivity index (χ2n) is 14.0. The summed E-state index contributed by atoms with van der Waals surface area (Å²) in [5, 5.41) is 25.9. The Balaban J connectivity index is 1.03. The van der Waals surface area contributed by atoms with Gasteiger partial charge in [-0.2, -0.15) is 14.9 Å². The van der Waals surface area contributed by atoms with Gasteiger partial charge in [-0.05, 0) is 103 Å². The van der Waals surface area contributed by atoms with Crippen molar-refractivity contribution in [2.24, 2.45) is 22.9 Å². The second-order valence-corrected chi connectivity index (χ2v) is 14.0. The normalized spacial score (nSPS) is 24.3. The van der Waals surface area contributed by atoms with Gasteiger partial charge < -0.3 is 10.6 Å². The van der Waals surface area contributed by atoms with Gasteiger partial charge in [0, 0.05) is 29.4 Å². The van der Waals surface area contributed by atoms with Gasteiger partial charge in [0.2, 0.25) is 11.6 Å². The number of fused-ring (bicyclic) bond motifs is 1. The molecule has 0 spiro atoms. The quantitative estimate of drug-likeness (QED) is 0.182. The van der Waals surface area contributed by atoms with E-state index in [9.17, 15) is 4.79 Å². The molecule has 10 rings (SSSR count). The molecule has 4 heterocycles. The van der Waals surface area contributed by atoms with Crippen LogP contribution in [0, 0.1) is 17.8 Å². The Morgan fingerprint density at radius 3 is 2.52 bits per heavy atom. The molecule has 0 unspecified atom stereocenters. The first-order valence-electron chi connectivity index (χ1n) is 16.9. The van der Waals surface area contributed by atoms with Gasteiger partial charge in [0.15, 0.2) is 5.69 Å². The number of anilines is 2. The Morgan fingerprint density at radius 1 is 1.02 bits per heavy atom. The maximum absolute atomic E-state index is 13.8. The first-order chi connectivity index (χ1) is 23.5. The highest BCUT2D eigenvalue weighted by Gasteiger charge is 2.53. The van der Waals surface area contributed by atoms with Crippen molar-refractivity contribution < 1.29 is 9.42 Å². The summed E-state index contributed by atoms with van der Waals surface area (Å²) in [5.74, 6) is 2.05. The zero-order valence-corrected chi connectivity index (χ0v) is 26.6. The summed E-state index contributed by atoms with van der Waals surface area (Å²) in [6.45, 7) is 1.16. The van der Waals surface area contributed by atoms with E-state index in [1.807, 2.05) is 41.2 Å². The highest BCUT2D eigenvalue weighted by atomic mass is 16.6. The molecule has 1 aliphatic heterocycles. The first-order valence-corrected chi connectivity index (χ1v) is 16.9. The number of amides is 1. The van der Waals surface area contributed by atoms with E-state index >= 15 is 0 Å². The molecule has 0 atom stereocenters. The maximum Gasteiger partial charge on any atom is 0.293 e. The van der Waals surface area contributed by atoms with E-state index < -0.39 is 5.91 Å². The minimum absolute atomic E-state index is 0.0479. The van der Waals surface area contributed by atoms with Crippen LogP contribution in [0.3, 0.4) is 0 Å². The molecule has 3 N–H and O–H groups in total. The lowest BCUT2D eigenvalue weighted by atomic mass is 9.48. The van der Waals surface area contributed by atoms with Crippen LogP contribution >= 0.6 is 0 Å². The molecule has 0 radical (unpaired) electrons. The smallest absolute Gasteiger partial charge is 0.293 e. The fourth-order valence-corrected chi connectivity index (χ4v) is 9.31. The number of nitrogen functional groups attached to an aromatic ring is 1. The summed E-state index contributed by atoms with van der Waals surface area (Å²) in [6.07, 6.45) is 13.3. The van der Waals surface area contributed by atoms with Crippen LogP contribution in [-0.2, 0) is 18.4 Å². The lowest BCUT2D eigenvalue weighted by Crippen LogP contribution is -2.49. The number of carbonyl (C=O) groups is 1. The number of benzene rings is 2. The molecule has 5 aromatic rings. The van der Waals surface area contributed by atoms with Crippen LogP contribution in [-0.4, -0.2) is 53.8 Å². The van der Waals surface area contributed by atoms with Gasteiger partial charge >= 0.3 is 0 Å². The Morgan fingerprint density at radius 2 is 1.77 bits per heavy atom. The number of para-hydroxylation sites is 2. The van der Waals surface area contributed by atoms with Crippen LogP contribution in [0.1, 0.15) is 77.9 Å². The molecule has 244 valence electrons. The molecule has 5 aliphatic rings. The predicted molar refractivity (Wildman–Crippen MR) is 178 cm³/mol. The molecule has 13 nitrogen and oxygen atoms in total. The van der Waals surface area contributed by atoms with Gasteiger partial charge in [-0.3, -0.25) is 4.79 Å². The number of nitrogens with zero attached hydrogens (tertiary/aromatic N) is 9. The summed E-state index contributed by atoms with van der Waals surface area (Å²) in [6, 6.07) is 18.5. The summed E-state index contributed by atoms with van der Waals surface area (Å²) < 4.78 is 8.24. The van der Waals surface area contributed by atoms with E-state index in [1.165, 1.54) is 48.8 Å². The zero-order chi connectivity index (χ0) is 32.2. The average Bonchev–Trinajstić information content (AvgIpc) is 3.83. The third-order valence-corrected chi connectivity index (χ3v) is 10.9. The SMILES string of the molecule is Nc1nonc1-n1nnc(C(=O)NN=Cc2cn(-c3ccccc3)nc2C23CC4CC(CC(C4)C2)C3)c1CN1CCCc2ccccc21. The van der Waals surface area contributed by atoms with Crippen molar-refractivity contribution >= 4 is 23.6 Å². The summed E-state index contributed by atoms with van der Waals surface area (Å²) in [5.41, 5.74) is 14.8. The third-order valence-electron chi connectivity index (χ3n) is 10.9. The molecular weight excluding hydrogens is 606 g/mol. The Kier molecular flexibility index (Phi) is 6.87. The number of nitrogens with two attached hydrogens (primary N) is 1. The molecule has 48 heavy (non-hydrogen) atoms. The van der Waals surface area contributed by atoms with E-state index in [1.54, 1.807) is 6.21 Å². The number of carbonyl (C=O) groups excluding carboxylic acids is 1. The summed E-state index contributed by atoms with van der Waals surface area (Å²) >= 11 is 0. The number of aryl methyl sites for hydroxylation is 1. The van der Waals surface area contributed by atoms with Gasteiger partial charge in [-0.1, -0.05) is 41.6 Å². The number of aromatic nitrogens is 7. The van der Waals surface area contributed by atoms with E-state index in [-0.39, 0.29) is 22.7 Å². The average molecular weight is 644 g/mol. The van der Waals surface area contributed by atoms with Crippen molar-refractivity contribution in [1.82, 2.24) is 40.5 Å². The van der Waals surface area contributed by atoms with E-state index in [4.69, 9.17) is 15.5 Å². The lowest BCUT2D eigenvalue weighted by Gasteiger charge is -2.56. The molecule has 0 saturated heterocycles. The summed E-state index contributed by atoms with van der Waals surface area (Å²) in [7, 11) is 0. The van der Waals surface area contributed by atoms with E-state index in [0.717, 1.165) is 59.8 Å². The van der Waals surface area contributed by atoms with Gasteiger partial charge in [0.05, 0.1) is 29.8 Å². The van der Waals surface area contributed by atoms with E-state index in [0.29, 0.717) is 12.2 Å². The standard InChI is InChI=1S/C35H37N11O2/c36-32-33(42-48-41-32)46-29(21-44-12-6-8-25-7-4-5-11-28(25)44)30(38-43-46)34(47)39-37-19-26-20-45(27-9-2-1-3-10-27)40-31(26)35-16-22-13-23(17-35)15-24(14-22)18-35/h1-5,7,9-11,19-20,22-24H,6,8,12-18,21H2,(H2,36,41)(H,39,47). The van der Waals surface area contributed by atoms with Crippen LogP contribution in [0.4, 0.5) is 11.5 Å². The number of hydrazone groups is 1. The topological polar surface area (TPSA) is 158 Å². The molecule has 1 amide bonds. The van der Waals surface area contributed by atoms with Crippen LogP contribution < -0.4 is 16.1 Å². The fraction of sp³-hybridized carbons (Fsp3) is 0.400. The summed E-state index contributed by atoms with van der Waals surface area (Å²) in [4.78, 5) is 16.0. The molecule has 3 aromatic heterocycles. The molecular formula is C35H37N11O2. The number of rotatable bonds is 8. The van der Waals surface area contributed by atoms with Gasteiger partial charge in [0.25, 0.3) is 5.91 Å². The number of nitrogens with one attached hydrogen (secondary N) is 1. The predicted octanol–water partition coefficient (Wildman–Crippen LogP) is 4.60. The van der Waals surface area contributed by atoms with E-state index in [2.05, 4.69) is 60.3 Å². The van der Waals surface area contributed by atoms with Crippen molar-refractivity contribution in [1.29, 1.82) is 0 Å². The minimum Gasteiger partial charge on any atom is -0.378 e. The maximum atomic E-state index is 13.8. The fourth-order valence-electron chi connectivity index (χ4n) is 9.31. The van der Waals surface area contributed by atoms with Gasteiger partial charge in [-0.15, -0.1) is 5.10 Å². The number of hydrogen-bond donors (Lipinski definition) is 2.